The maximum absolute atomic E-state index is 4.56. The van der Waals surface area contributed by atoms with Crippen LogP contribution in [-0.2, 0) is 0 Å². The van der Waals surface area contributed by atoms with Crippen LogP contribution in [0.25, 0.3) is 11.0 Å². The van der Waals surface area contributed by atoms with Crippen LogP contribution in [0.4, 0.5) is 17.6 Å². The van der Waals surface area contributed by atoms with Crippen LogP contribution in [0.5, 0.6) is 0 Å². The second-order valence-electron chi connectivity index (χ2n) is 4.92. The first-order valence-electron chi connectivity index (χ1n) is 5.96. The van der Waals surface area contributed by atoms with Gasteiger partial charge in [0.15, 0.2) is 11.6 Å². The number of hydrogen-bond donors (Lipinski definition) is 0. The third-order valence-corrected chi connectivity index (χ3v) is 2.68. The predicted molar refractivity (Wildman–Crippen MR) is 78.1 cm³/mol. The summed E-state index contributed by atoms with van der Waals surface area (Å²) in [5.41, 5.74) is 1.52. The molecule has 0 aliphatic carbocycles. The first-order valence-corrected chi connectivity index (χ1v) is 5.96. The molecule has 0 N–H and O–H groups in total. The molecule has 19 heavy (non-hydrogen) atoms. The van der Waals surface area contributed by atoms with Gasteiger partial charge in [0.2, 0.25) is 5.95 Å². The van der Waals surface area contributed by atoms with Gasteiger partial charge in [0.1, 0.15) is 17.4 Å². The molecule has 2 heterocycles. The van der Waals surface area contributed by atoms with E-state index in [-0.39, 0.29) is 0 Å². The molecule has 0 aliphatic heterocycles. The maximum atomic E-state index is 4.56. The van der Waals surface area contributed by atoms with E-state index in [0.29, 0.717) is 5.95 Å². The average Bonchev–Trinajstić information content (AvgIpc) is 2.36. The van der Waals surface area contributed by atoms with Crippen LogP contribution in [0.3, 0.4) is 0 Å². The van der Waals surface area contributed by atoms with Crippen molar-refractivity contribution in [3.8, 4) is 0 Å². The molecule has 0 saturated carbocycles. The van der Waals surface area contributed by atoms with Gasteiger partial charge in [-0.1, -0.05) is 0 Å². The molecule has 0 radical (unpaired) electrons. The Labute approximate surface area is 112 Å². The molecule has 7 heteroatoms. The highest BCUT2D eigenvalue weighted by Gasteiger charge is 2.16. The Morgan fingerprint density at radius 2 is 1.32 bits per heavy atom. The Hall–Kier alpha value is -2.18. The van der Waals surface area contributed by atoms with Gasteiger partial charge >= 0.3 is 0 Å². The van der Waals surface area contributed by atoms with Crippen molar-refractivity contribution in [1.82, 2.24) is 19.9 Å². The first-order chi connectivity index (χ1) is 8.91. The monoisotopic (exact) mass is 261 g/mol. The number of fused-ring (bicyclic) bond motifs is 1. The van der Waals surface area contributed by atoms with Crippen molar-refractivity contribution in [1.29, 1.82) is 0 Å². The molecular formula is C12H19N7. The largest absolute Gasteiger partial charge is 0.361 e. The van der Waals surface area contributed by atoms with E-state index in [1.807, 2.05) is 57.0 Å². The zero-order chi connectivity index (χ0) is 14.2. The summed E-state index contributed by atoms with van der Waals surface area (Å²) in [6, 6.07) is 0. The second kappa shape index (κ2) is 4.83. The van der Waals surface area contributed by atoms with Crippen molar-refractivity contribution in [2.45, 2.75) is 0 Å². The lowest BCUT2D eigenvalue weighted by Gasteiger charge is -2.19. The number of nitrogens with zero attached hydrogens (tertiary/aromatic N) is 7. The molecule has 0 aromatic carbocycles. The third kappa shape index (κ3) is 2.35. The summed E-state index contributed by atoms with van der Waals surface area (Å²) in [5.74, 6) is 2.23. The van der Waals surface area contributed by atoms with Gasteiger partial charge in [0, 0.05) is 42.3 Å². The normalized spacial score (nSPS) is 10.6. The summed E-state index contributed by atoms with van der Waals surface area (Å²) in [6.45, 7) is 0. The van der Waals surface area contributed by atoms with E-state index < -0.39 is 0 Å². The van der Waals surface area contributed by atoms with E-state index in [4.69, 9.17) is 0 Å². The molecule has 2 aromatic rings. The van der Waals surface area contributed by atoms with Crippen molar-refractivity contribution < 1.29 is 0 Å². The smallest absolute Gasteiger partial charge is 0.227 e. The lowest BCUT2D eigenvalue weighted by Crippen LogP contribution is -2.19. The van der Waals surface area contributed by atoms with Crippen LogP contribution in [-0.4, -0.2) is 62.2 Å². The molecule has 0 aliphatic rings. The zero-order valence-corrected chi connectivity index (χ0v) is 12.2. The van der Waals surface area contributed by atoms with Crippen LogP contribution in [0.1, 0.15) is 0 Å². The fraction of sp³-hybridized carbons (Fsp3) is 0.500. The minimum absolute atomic E-state index is 0.647. The Morgan fingerprint density at radius 3 is 1.84 bits per heavy atom. The van der Waals surface area contributed by atoms with Crippen molar-refractivity contribution in [3.05, 3.63) is 6.33 Å². The number of anilines is 3. The van der Waals surface area contributed by atoms with E-state index in [2.05, 4.69) is 19.9 Å². The highest BCUT2D eigenvalue weighted by Crippen LogP contribution is 2.27. The Kier molecular flexibility index (Phi) is 3.37. The average molecular weight is 261 g/mol. The molecule has 7 nitrogen and oxygen atoms in total. The SMILES string of the molecule is CN(C)c1nc(N(C)C)c2ncnc(N(C)C)c2n1. The van der Waals surface area contributed by atoms with E-state index in [1.54, 1.807) is 6.33 Å². The predicted octanol–water partition coefficient (Wildman–Crippen LogP) is 0.618. The molecule has 0 amide bonds. The van der Waals surface area contributed by atoms with Crippen molar-refractivity contribution in [3.63, 3.8) is 0 Å². The van der Waals surface area contributed by atoms with Gasteiger partial charge in [-0.3, -0.25) is 0 Å². The van der Waals surface area contributed by atoms with Gasteiger partial charge in [-0.05, 0) is 0 Å². The molecule has 2 aromatic heterocycles. The molecular weight excluding hydrogens is 242 g/mol. The van der Waals surface area contributed by atoms with Crippen LogP contribution in [0.2, 0.25) is 0 Å². The van der Waals surface area contributed by atoms with E-state index in [9.17, 15) is 0 Å². The summed E-state index contributed by atoms with van der Waals surface area (Å²) in [4.78, 5) is 23.4. The summed E-state index contributed by atoms with van der Waals surface area (Å²) in [7, 11) is 11.6. The van der Waals surface area contributed by atoms with Crippen LogP contribution in [0.15, 0.2) is 6.33 Å². The summed E-state index contributed by atoms with van der Waals surface area (Å²) >= 11 is 0. The lowest BCUT2D eigenvalue weighted by molar-refractivity contribution is 0.970. The van der Waals surface area contributed by atoms with Crippen LogP contribution < -0.4 is 14.7 Å². The van der Waals surface area contributed by atoms with Gasteiger partial charge in [-0.2, -0.15) is 4.98 Å². The molecule has 0 saturated heterocycles. The van der Waals surface area contributed by atoms with Gasteiger partial charge in [0.25, 0.3) is 0 Å². The lowest BCUT2D eigenvalue weighted by atomic mass is 10.3. The standard InChI is InChI=1S/C12H19N7/c1-17(2)10-9-8(13-7-14-10)11(18(3)4)16-12(15-9)19(5)6/h7H,1-6H3. The van der Waals surface area contributed by atoms with Crippen LogP contribution >= 0.6 is 0 Å². The highest BCUT2D eigenvalue weighted by atomic mass is 15.3. The Balaban J connectivity index is 2.83. The Bertz CT molecular complexity index is 592. The van der Waals surface area contributed by atoms with Gasteiger partial charge in [0.05, 0.1) is 0 Å². The maximum Gasteiger partial charge on any atom is 0.227 e. The molecule has 0 bridgehead atoms. The number of hydrogen-bond acceptors (Lipinski definition) is 7. The fourth-order valence-corrected chi connectivity index (χ4v) is 1.75. The Morgan fingerprint density at radius 1 is 0.684 bits per heavy atom. The van der Waals surface area contributed by atoms with E-state index in [0.717, 1.165) is 22.7 Å². The molecule has 102 valence electrons. The molecule has 0 spiro atoms. The van der Waals surface area contributed by atoms with Crippen molar-refractivity contribution >= 4 is 28.6 Å². The van der Waals surface area contributed by atoms with Gasteiger partial charge in [-0.15, -0.1) is 0 Å². The fourth-order valence-electron chi connectivity index (χ4n) is 1.75. The molecule has 0 fully saturated rings. The van der Waals surface area contributed by atoms with Crippen molar-refractivity contribution in [2.75, 3.05) is 57.0 Å². The van der Waals surface area contributed by atoms with Crippen molar-refractivity contribution in [2.24, 2.45) is 0 Å². The third-order valence-electron chi connectivity index (χ3n) is 2.68. The first kappa shape index (κ1) is 13.3. The van der Waals surface area contributed by atoms with E-state index in [1.165, 1.54) is 0 Å². The van der Waals surface area contributed by atoms with E-state index >= 15 is 0 Å². The zero-order valence-electron chi connectivity index (χ0n) is 12.2. The minimum Gasteiger partial charge on any atom is -0.361 e. The molecule has 2 rings (SSSR count). The quantitative estimate of drug-likeness (QED) is 0.802. The molecule has 0 atom stereocenters. The second-order valence-corrected chi connectivity index (χ2v) is 4.92. The highest BCUT2D eigenvalue weighted by molar-refractivity contribution is 5.93. The number of rotatable bonds is 3. The topological polar surface area (TPSA) is 61.3 Å². The summed E-state index contributed by atoms with van der Waals surface area (Å²) in [6.07, 6.45) is 1.54. The number of aromatic nitrogens is 4. The van der Waals surface area contributed by atoms with Gasteiger partial charge < -0.3 is 14.7 Å². The minimum atomic E-state index is 0.647. The summed E-state index contributed by atoms with van der Waals surface area (Å²) in [5, 5.41) is 0. The molecule has 0 unspecified atom stereocenters. The summed E-state index contributed by atoms with van der Waals surface area (Å²) < 4.78 is 0. The van der Waals surface area contributed by atoms with Gasteiger partial charge in [-0.25, -0.2) is 15.0 Å². The van der Waals surface area contributed by atoms with Crippen LogP contribution in [0, 0.1) is 0 Å².